The average molecular weight is 426 g/mol. The second-order valence-corrected chi connectivity index (χ2v) is 8.02. The summed E-state index contributed by atoms with van der Waals surface area (Å²) in [7, 11) is 0. The fourth-order valence-electron chi connectivity index (χ4n) is 4.12. The number of pyridine rings is 1. The number of nitrogens with zero attached hydrogens (tertiary/aromatic N) is 4. The van der Waals surface area contributed by atoms with Crippen LogP contribution in [0, 0.1) is 11.7 Å². The highest BCUT2D eigenvalue weighted by Gasteiger charge is 2.36. The van der Waals surface area contributed by atoms with Crippen LogP contribution in [0.5, 0.6) is 0 Å². The third kappa shape index (κ3) is 4.85. The first-order chi connectivity index (χ1) is 15.0. The lowest BCUT2D eigenvalue weighted by Gasteiger charge is -2.34. The molecule has 4 rings (SSSR count). The van der Waals surface area contributed by atoms with Crippen LogP contribution in [0.15, 0.2) is 42.6 Å². The van der Waals surface area contributed by atoms with Gasteiger partial charge in [-0.05, 0) is 30.3 Å². The number of halogens is 1. The van der Waals surface area contributed by atoms with Gasteiger partial charge in [0.05, 0.1) is 11.6 Å². The molecule has 0 saturated carbocycles. The van der Waals surface area contributed by atoms with Gasteiger partial charge in [-0.1, -0.05) is 25.1 Å². The number of rotatable bonds is 6. The summed E-state index contributed by atoms with van der Waals surface area (Å²) in [6.45, 7) is 7.80. The van der Waals surface area contributed by atoms with E-state index in [9.17, 15) is 14.0 Å². The molecule has 1 N–H and O–H groups in total. The molecule has 2 amide bonds. The summed E-state index contributed by atoms with van der Waals surface area (Å²) >= 11 is 0. The molecular weight excluding hydrogens is 397 g/mol. The number of para-hydroxylation sites is 1. The van der Waals surface area contributed by atoms with Crippen molar-refractivity contribution in [2.24, 2.45) is 5.92 Å². The molecule has 164 valence electrons. The molecule has 7 nitrogen and oxygen atoms in total. The van der Waals surface area contributed by atoms with E-state index in [0.29, 0.717) is 6.54 Å². The predicted molar refractivity (Wildman–Crippen MR) is 117 cm³/mol. The molecule has 2 aliphatic rings. The molecule has 1 atom stereocenters. The van der Waals surface area contributed by atoms with E-state index in [2.05, 4.69) is 27.0 Å². The van der Waals surface area contributed by atoms with Gasteiger partial charge in [0.2, 0.25) is 11.8 Å². The third-order valence-corrected chi connectivity index (χ3v) is 6.06. The molecule has 2 saturated heterocycles. The predicted octanol–water partition coefficient (Wildman–Crippen LogP) is 2.03. The Hall–Kier alpha value is -3.00. The second kappa shape index (κ2) is 9.43. The van der Waals surface area contributed by atoms with Gasteiger partial charge < -0.3 is 20.0 Å². The molecule has 2 fully saturated rings. The number of anilines is 2. The van der Waals surface area contributed by atoms with E-state index in [1.807, 2.05) is 12.1 Å². The van der Waals surface area contributed by atoms with Crippen molar-refractivity contribution in [2.45, 2.75) is 19.9 Å². The molecule has 1 aromatic carbocycles. The van der Waals surface area contributed by atoms with Crippen LogP contribution in [-0.4, -0.2) is 61.0 Å². The Bertz CT molecular complexity index is 928. The van der Waals surface area contributed by atoms with Crippen molar-refractivity contribution in [1.29, 1.82) is 0 Å². The Labute approximate surface area is 181 Å². The number of hydrogen-bond donors (Lipinski definition) is 1. The lowest BCUT2D eigenvalue weighted by atomic mass is 10.1. The topological polar surface area (TPSA) is 68.8 Å². The summed E-state index contributed by atoms with van der Waals surface area (Å²) in [5.74, 6) is -0.437. The number of likely N-dealkylation sites (N-methyl/N-ethyl adjacent to an activating group) is 1. The summed E-state index contributed by atoms with van der Waals surface area (Å²) in [5, 5.41) is 2.89. The van der Waals surface area contributed by atoms with Crippen molar-refractivity contribution in [3.05, 3.63) is 54.0 Å². The van der Waals surface area contributed by atoms with Crippen molar-refractivity contribution in [2.75, 3.05) is 49.1 Å². The van der Waals surface area contributed by atoms with Gasteiger partial charge in [0.1, 0.15) is 11.6 Å². The second-order valence-electron chi connectivity index (χ2n) is 8.02. The lowest BCUT2D eigenvalue weighted by Crippen LogP contribution is -2.46. The van der Waals surface area contributed by atoms with Gasteiger partial charge in [0.15, 0.2) is 0 Å². The van der Waals surface area contributed by atoms with E-state index in [0.717, 1.165) is 44.1 Å². The quantitative estimate of drug-likeness (QED) is 0.767. The van der Waals surface area contributed by atoms with E-state index in [4.69, 9.17) is 0 Å². The van der Waals surface area contributed by atoms with Crippen LogP contribution in [0.25, 0.3) is 0 Å². The normalized spacial score (nSPS) is 19.7. The van der Waals surface area contributed by atoms with Crippen LogP contribution in [-0.2, 0) is 16.1 Å². The van der Waals surface area contributed by atoms with Gasteiger partial charge in [-0.3, -0.25) is 9.59 Å². The Kier molecular flexibility index (Phi) is 6.46. The first kappa shape index (κ1) is 21.2. The fourth-order valence-corrected chi connectivity index (χ4v) is 4.12. The van der Waals surface area contributed by atoms with Crippen LogP contribution in [0.2, 0.25) is 0 Å². The molecule has 0 bridgehead atoms. The summed E-state index contributed by atoms with van der Waals surface area (Å²) < 4.78 is 14.0. The van der Waals surface area contributed by atoms with Crippen LogP contribution in [0.3, 0.4) is 0 Å². The average Bonchev–Trinajstić information content (AvgIpc) is 3.19. The molecule has 1 aromatic heterocycles. The minimum atomic E-state index is -0.491. The van der Waals surface area contributed by atoms with Gasteiger partial charge >= 0.3 is 0 Å². The number of piperazine rings is 1. The Balaban J connectivity index is 1.29. The highest BCUT2D eigenvalue weighted by Crippen LogP contribution is 2.27. The number of carbonyl (C=O) groups is 2. The SMILES string of the molecule is CCN1CCN(c2ccc(CNC(=O)C3CC(=O)N(c4ccccc4F)C3)cn2)CC1. The molecule has 3 heterocycles. The summed E-state index contributed by atoms with van der Waals surface area (Å²) in [5.41, 5.74) is 1.13. The maximum atomic E-state index is 14.0. The first-order valence-electron chi connectivity index (χ1n) is 10.8. The molecule has 0 aliphatic carbocycles. The summed E-state index contributed by atoms with van der Waals surface area (Å²) in [4.78, 5) is 35.5. The number of amides is 2. The number of hydrogen-bond acceptors (Lipinski definition) is 5. The minimum Gasteiger partial charge on any atom is -0.354 e. The van der Waals surface area contributed by atoms with Crippen LogP contribution in [0.4, 0.5) is 15.9 Å². The molecule has 1 unspecified atom stereocenters. The molecule has 8 heteroatoms. The van der Waals surface area contributed by atoms with E-state index >= 15 is 0 Å². The zero-order valence-electron chi connectivity index (χ0n) is 17.8. The first-order valence-corrected chi connectivity index (χ1v) is 10.8. The Morgan fingerprint density at radius 2 is 1.94 bits per heavy atom. The maximum Gasteiger partial charge on any atom is 0.227 e. The highest BCUT2D eigenvalue weighted by atomic mass is 19.1. The van der Waals surface area contributed by atoms with Gasteiger partial charge in [-0.15, -0.1) is 0 Å². The third-order valence-electron chi connectivity index (χ3n) is 6.06. The van der Waals surface area contributed by atoms with Crippen molar-refractivity contribution in [3.63, 3.8) is 0 Å². The van der Waals surface area contributed by atoms with Crippen molar-refractivity contribution >= 4 is 23.3 Å². The van der Waals surface area contributed by atoms with Gasteiger partial charge in [-0.25, -0.2) is 9.37 Å². The van der Waals surface area contributed by atoms with E-state index < -0.39 is 11.7 Å². The Morgan fingerprint density at radius 1 is 1.16 bits per heavy atom. The van der Waals surface area contributed by atoms with Crippen LogP contribution >= 0.6 is 0 Å². The summed E-state index contributed by atoms with van der Waals surface area (Å²) in [6, 6.07) is 10.1. The van der Waals surface area contributed by atoms with Crippen molar-refractivity contribution < 1.29 is 14.0 Å². The zero-order chi connectivity index (χ0) is 21.8. The van der Waals surface area contributed by atoms with Crippen molar-refractivity contribution in [1.82, 2.24) is 15.2 Å². The number of aromatic nitrogens is 1. The van der Waals surface area contributed by atoms with Gasteiger partial charge in [0, 0.05) is 51.9 Å². The van der Waals surface area contributed by atoms with E-state index in [1.165, 1.54) is 11.0 Å². The van der Waals surface area contributed by atoms with Crippen molar-refractivity contribution in [3.8, 4) is 0 Å². The van der Waals surface area contributed by atoms with Gasteiger partial charge in [0.25, 0.3) is 0 Å². The lowest BCUT2D eigenvalue weighted by molar-refractivity contribution is -0.126. The minimum absolute atomic E-state index is 0.0844. The number of benzene rings is 1. The zero-order valence-corrected chi connectivity index (χ0v) is 17.8. The van der Waals surface area contributed by atoms with Gasteiger partial charge in [-0.2, -0.15) is 0 Å². The molecular formula is C23H28FN5O2. The molecule has 0 spiro atoms. The summed E-state index contributed by atoms with van der Waals surface area (Å²) in [6.07, 6.45) is 1.87. The number of nitrogens with one attached hydrogen (secondary N) is 1. The number of carbonyl (C=O) groups excluding carboxylic acids is 2. The van der Waals surface area contributed by atoms with E-state index in [1.54, 1.807) is 24.4 Å². The standard InChI is InChI=1S/C23H28FN5O2/c1-2-27-9-11-28(12-10-27)21-8-7-17(14-25-21)15-26-23(31)18-13-22(30)29(16-18)20-6-4-3-5-19(20)24/h3-8,14,18H,2,9-13,15-16H2,1H3,(H,26,31). The molecule has 2 aliphatic heterocycles. The van der Waals surface area contributed by atoms with Crippen LogP contribution in [0.1, 0.15) is 18.9 Å². The molecule has 2 aromatic rings. The monoisotopic (exact) mass is 425 g/mol. The Morgan fingerprint density at radius 3 is 2.61 bits per heavy atom. The largest absolute Gasteiger partial charge is 0.354 e. The molecule has 0 radical (unpaired) electrons. The van der Waals surface area contributed by atoms with E-state index in [-0.39, 0.29) is 30.5 Å². The molecule has 31 heavy (non-hydrogen) atoms. The smallest absolute Gasteiger partial charge is 0.227 e. The maximum absolute atomic E-state index is 14.0. The van der Waals surface area contributed by atoms with Crippen LogP contribution < -0.4 is 15.1 Å². The highest BCUT2D eigenvalue weighted by molar-refractivity contribution is 6.00. The fraction of sp³-hybridized carbons (Fsp3) is 0.435.